The molecule has 0 spiro atoms. The van der Waals surface area contributed by atoms with Crippen molar-refractivity contribution in [1.29, 1.82) is 0 Å². The maximum atomic E-state index is 12.0. The molecule has 0 bridgehead atoms. The van der Waals surface area contributed by atoms with Crippen LogP contribution in [0.4, 0.5) is 5.69 Å². The summed E-state index contributed by atoms with van der Waals surface area (Å²) >= 11 is 0. The highest BCUT2D eigenvalue weighted by Gasteiger charge is 2.19. The molecule has 0 aromatic heterocycles. The Bertz CT molecular complexity index is 615. The number of piperidine rings is 1. The molecule has 2 amide bonds. The van der Waals surface area contributed by atoms with Crippen LogP contribution in [0.15, 0.2) is 24.3 Å². The van der Waals surface area contributed by atoms with E-state index in [4.69, 9.17) is 0 Å². The molecule has 1 saturated heterocycles. The molecule has 1 aromatic rings. The van der Waals surface area contributed by atoms with Gasteiger partial charge >= 0.3 is 11.8 Å². The number of amides is 2. The van der Waals surface area contributed by atoms with Gasteiger partial charge in [-0.05, 0) is 62.6 Å². The Labute approximate surface area is 169 Å². The van der Waals surface area contributed by atoms with Crippen LogP contribution in [-0.2, 0) is 16.0 Å². The highest BCUT2D eigenvalue weighted by molar-refractivity contribution is 6.35. The van der Waals surface area contributed by atoms with Crippen LogP contribution in [0.25, 0.3) is 0 Å². The average molecular weight is 386 g/mol. The van der Waals surface area contributed by atoms with Crippen molar-refractivity contribution < 1.29 is 9.59 Å². The molecule has 5 nitrogen and oxygen atoms in total. The van der Waals surface area contributed by atoms with Crippen LogP contribution >= 0.6 is 0 Å². The van der Waals surface area contributed by atoms with Crippen molar-refractivity contribution in [2.45, 2.75) is 76.7 Å². The molecule has 0 radical (unpaired) electrons. The third-order valence-electron chi connectivity index (χ3n) is 5.98. The molecule has 2 N–H and O–H groups in total. The molecule has 2 aliphatic rings. The lowest BCUT2D eigenvalue weighted by molar-refractivity contribution is -0.139. The van der Waals surface area contributed by atoms with Crippen LogP contribution in [0, 0.1) is 0 Å². The first kappa shape index (κ1) is 20.7. The van der Waals surface area contributed by atoms with Gasteiger partial charge in [0, 0.05) is 31.4 Å². The summed E-state index contributed by atoms with van der Waals surface area (Å²) < 4.78 is 0. The van der Waals surface area contributed by atoms with E-state index in [9.17, 15) is 9.59 Å². The molecule has 2 fully saturated rings. The summed E-state index contributed by atoms with van der Waals surface area (Å²) in [6.45, 7) is 2.85. The number of aryl methyl sites for hydroxylation is 1. The Kier molecular flexibility index (Phi) is 8.19. The van der Waals surface area contributed by atoms with Crippen molar-refractivity contribution in [3.05, 3.63) is 29.8 Å². The van der Waals surface area contributed by atoms with E-state index >= 15 is 0 Å². The van der Waals surface area contributed by atoms with Crippen molar-refractivity contribution in [3.63, 3.8) is 0 Å². The van der Waals surface area contributed by atoms with Gasteiger partial charge in [-0.1, -0.05) is 37.8 Å². The normalized spacial score (nSPS) is 18.4. The van der Waals surface area contributed by atoms with Gasteiger partial charge in [0.05, 0.1) is 0 Å². The van der Waals surface area contributed by atoms with Gasteiger partial charge in [-0.2, -0.15) is 0 Å². The number of carbonyl (C=O) groups excluding carboxylic acids is 2. The molecule has 5 heteroatoms. The lowest BCUT2D eigenvalue weighted by Gasteiger charge is -2.28. The van der Waals surface area contributed by atoms with Gasteiger partial charge < -0.3 is 15.5 Å². The zero-order valence-corrected chi connectivity index (χ0v) is 17.0. The maximum absolute atomic E-state index is 12.0. The van der Waals surface area contributed by atoms with Crippen LogP contribution in [0.1, 0.15) is 69.8 Å². The fourth-order valence-corrected chi connectivity index (χ4v) is 4.27. The summed E-state index contributed by atoms with van der Waals surface area (Å²) in [6, 6.07) is 8.95. The maximum Gasteiger partial charge on any atom is 0.309 e. The monoisotopic (exact) mass is 385 g/mol. The first-order chi connectivity index (χ1) is 13.7. The van der Waals surface area contributed by atoms with Gasteiger partial charge in [0.25, 0.3) is 0 Å². The second-order valence-electron chi connectivity index (χ2n) is 8.24. The van der Waals surface area contributed by atoms with E-state index in [1.807, 2.05) is 0 Å². The molecule has 1 aromatic carbocycles. The Balaban J connectivity index is 1.33. The fraction of sp³-hybridized carbons (Fsp3) is 0.652. The van der Waals surface area contributed by atoms with Crippen LogP contribution in [0.3, 0.4) is 0 Å². The van der Waals surface area contributed by atoms with E-state index in [0.29, 0.717) is 6.54 Å². The number of nitrogens with one attached hydrogen (secondary N) is 2. The third-order valence-corrected chi connectivity index (χ3v) is 5.98. The number of anilines is 1. The number of hydrogen-bond acceptors (Lipinski definition) is 3. The number of nitrogens with zero attached hydrogens (tertiary/aromatic N) is 1. The molecular weight excluding hydrogens is 350 g/mol. The lowest BCUT2D eigenvalue weighted by Crippen LogP contribution is -2.44. The minimum absolute atomic E-state index is 0.166. The second kappa shape index (κ2) is 11.1. The molecule has 1 heterocycles. The Hall–Kier alpha value is -2.04. The minimum Gasteiger partial charge on any atom is -0.372 e. The van der Waals surface area contributed by atoms with E-state index in [1.54, 1.807) is 0 Å². The summed E-state index contributed by atoms with van der Waals surface area (Å²) in [5.41, 5.74) is 2.59. The van der Waals surface area contributed by atoms with E-state index in [-0.39, 0.29) is 6.04 Å². The number of benzene rings is 1. The van der Waals surface area contributed by atoms with Crippen molar-refractivity contribution in [2.75, 3.05) is 24.5 Å². The zero-order valence-electron chi connectivity index (χ0n) is 17.0. The zero-order chi connectivity index (χ0) is 19.6. The molecule has 1 saturated carbocycles. The molecule has 1 aliphatic heterocycles. The molecule has 3 rings (SSSR count). The molecule has 28 heavy (non-hydrogen) atoms. The largest absolute Gasteiger partial charge is 0.372 e. The summed E-state index contributed by atoms with van der Waals surface area (Å²) in [7, 11) is 0. The van der Waals surface area contributed by atoms with Gasteiger partial charge in [0.2, 0.25) is 0 Å². The third kappa shape index (κ3) is 6.54. The molecule has 0 unspecified atom stereocenters. The molecule has 154 valence electrons. The van der Waals surface area contributed by atoms with Crippen molar-refractivity contribution >= 4 is 17.5 Å². The predicted molar refractivity (Wildman–Crippen MR) is 113 cm³/mol. The van der Waals surface area contributed by atoms with Gasteiger partial charge in [-0.15, -0.1) is 0 Å². The van der Waals surface area contributed by atoms with E-state index in [2.05, 4.69) is 39.8 Å². The van der Waals surface area contributed by atoms with Crippen molar-refractivity contribution in [1.82, 2.24) is 10.6 Å². The fourth-order valence-electron chi connectivity index (χ4n) is 4.27. The standard InChI is InChI=1S/C23H35N3O2/c27-22(23(28)25-20-10-4-1-2-5-11-20)24-16-8-9-19-12-14-21(15-13-19)26-17-6-3-7-18-26/h12-15,20H,1-11,16-18H2,(H,24,27)(H,25,28). The predicted octanol–water partition coefficient (Wildman–Crippen LogP) is 3.56. The van der Waals surface area contributed by atoms with E-state index < -0.39 is 11.8 Å². The second-order valence-corrected chi connectivity index (χ2v) is 8.24. The summed E-state index contributed by atoms with van der Waals surface area (Å²) in [5.74, 6) is -0.970. The quantitative estimate of drug-likeness (QED) is 0.447. The van der Waals surface area contributed by atoms with Crippen molar-refractivity contribution in [2.24, 2.45) is 0 Å². The summed E-state index contributed by atoms with van der Waals surface area (Å²) in [6.07, 6.45) is 12.4. The van der Waals surface area contributed by atoms with Crippen LogP contribution in [0.5, 0.6) is 0 Å². The van der Waals surface area contributed by atoms with Crippen LogP contribution in [0.2, 0.25) is 0 Å². The first-order valence-electron chi connectivity index (χ1n) is 11.1. The van der Waals surface area contributed by atoms with Gasteiger partial charge in [-0.3, -0.25) is 9.59 Å². The van der Waals surface area contributed by atoms with Crippen LogP contribution in [-0.4, -0.2) is 37.5 Å². The van der Waals surface area contributed by atoms with Crippen LogP contribution < -0.4 is 15.5 Å². The Morgan fingerprint density at radius 2 is 1.50 bits per heavy atom. The average Bonchev–Trinajstić information content (AvgIpc) is 3.01. The SMILES string of the molecule is O=C(NCCCc1ccc(N2CCCCC2)cc1)C(=O)NC1CCCCCC1. The van der Waals surface area contributed by atoms with Crippen molar-refractivity contribution in [3.8, 4) is 0 Å². The number of carbonyl (C=O) groups is 2. The van der Waals surface area contributed by atoms with E-state index in [1.165, 1.54) is 43.4 Å². The van der Waals surface area contributed by atoms with Gasteiger partial charge in [-0.25, -0.2) is 0 Å². The highest BCUT2D eigenvalue weighted by atomic mass is 16.2. The number of rotatable bonds is 6. The van der Waals surface area contributed by atoms with Gasteiger partial charge in [0.15, 0.2) is 0 Å². The highest BCUT2D eigenvalue weighted by Crippen LogP contribution is 2.20. The van der Waals surface area contributed by atoms with E-state index in [0.717, 1.165) is 51.6 Å². The summed E-state index contributed by atoms with van der Waals surface area (Å²) in [4.78, 5) is 26.5. The first-order valence-corrected chi connectivity index (χ1v) is 11.1. The minimum atomic E-state index is -0.496. The Morgan fingerprint density at radius 1 is 0.857 bits per heavy atom. The molecule has 1 aliphatic carbocycles. The lowest BCUT2D eigenvalue weighted by atomic mass is 10.1. The number of hydrogen-bond donors (Lipinski definition) is 2. The smallest absolute Gasteiger partial charge is 0.309 e. The topological polar surface area (TPSA) is 61.4 Å². The Morgan fingerprint density at radius 3 is 2.18 bits per heavy atom. The molecule has 0 atom stereocenters. The molecular formula is C23H35N3O2. The summed E-state index contributed by atoms with van der Waals surface area (Å²) in [5, 5.41) is 5.66. The van der Waals surface area contributed by atoms with Gasteiger partial charge in [0.1, 0.15) is 0 Å².